The summed E-state index contributed by atoms with van der Waals surface area (Å²) < 4.78 is 0. The minimum atomic E-state index is -0.454. The number of carbonyl (C=O) groups excluding carboxylic acids is 1. The summed E-state index contributed by atoms with van der Waals surface area (Å²) in [6, 6.07) is 0.285. The lowest BCUT2D eigenvalue weighted by atomic mass is 9.94. The second-order valence-electron chi connectivity index (χ2n) is 4.56. The summed E-state index contributed by atoms with van der Waals surface area (Å²) in [5.41, 5.74) is -0.454. The quantitative estimate of drug-likeness (QED) is 0.677. The fraction of sp³-hybridized carbons (Fsp3) is 0.909. The van der Waals surface area contributed by atoms with E-state index in [2.05, 4.69) is 13.2 Å². The van der Waals surface area contributed by atoms with Crippen LogP contribution in [0.25, 0.3) is 0 Å². The van der Waals surface area contributed by atoms with E-state index >= 15 is 0 Å². The summed E-state index contributed by atoms with van der Waals surface area (Å²) in [4.78, 5) is 13.9. The largest absolute Gasteiger partial charge is 0.343 e. The van der Waals surface area contributed by atoms with Crippen molar-refractivity contribution in [3.05, 3.63) is 0 Å². The van der Waals surface area contributed by atoms with Crippen molar-refractivity contribution in [2.75, 3.05) is 24.9 Å². The third-order valence-electron chi connectivity index (χ3n) is 2.63. The maximum absolute atomic E-state index is 12.0. The minimum Gasteiger partial charge on any atom is -0.343 e. The van der Waals surface area contributed by atoms with Crippen molar-refractivity contribution in [3.8, 4) is 0 Å². The Bertz CT molecular complexity index is 209. The molecule has 1 atom stereocenters. The third-order valence-corrected chi connectivity index (χ3v) is 3.95. The Kier molecular flexibility index (Phi) is 6.69. The molecule has 0 spiro atoms. The van der Waals surface area contributed by atoms with Crippen LogP contribution in [0.4, 0.5) is 0 Å². The predicted octanol–water partition coefficient (Wildman–Crippen LogP) is 2.85. The molecule has 1 unspecified atom stereocenters. The number of halogens is 1. The molecule has 0 aromatic rings. The van der Waals surface area contributed by atoms with Crippen molar-refractivity contribution in [1.29, 1.82) is 0 Å². The Morgan fingerprint density at radius 3 is 2.47 bits per heavy atom. The molecule has 0 heterocycles. The molecule has 0 rings (SSSR count). The summed E-state index contributed by atoms with van der Waals surface area (Å²) in [5, 5.41) is 0. The van der Waals surface area contributed by atoms with Gasteiger partial charge in [0.2, 0.25) is 5.91 Å². The second kappa shape index (κ2) is 6.64. The van der Waals surface area contributed by atoms with Gasteiger partial charge in [-0.2, -0.15) is 11.8 Å². The monoisotopic (exact) mass is 251 g/mol. The van der Waals surface area contributed by atoms with Gasteiger partial charge in [-0.25, -0.2) is 0 Å². The zero-order valence-electron chi connectivity index (χ0n) is 10.3. The number of hydrogen-bond acceptors (Lipinski definition) is 2. The number of hydrogen-bond donors (Lipinski definition) is 0. The molecular weight excluding hydrogens is 230 g/mol. The highest BCUT2D eigenvalue weighted by Crippen LogP contribution is 2.22. The van der Waals surface area contributed by atoms with Crippen LogP contribution in [0.5, 0.6) is 0 Å². The normalized spacial score (nSPS) is 13.7. The zero-order chi connectivity index (χ0) is 12.1. The maximum atomic E-state index is 12.0. The van der Waals surface area contributed by atoms with Gasteiger partial charge in [0.05, 0.1) is 5.41 Å². The van der Waals surface area contributed by atoms with Crippen molar-refractivity contribution >= 4 is 29.3 Å². The molecule has 0 aliphatic heterocycles. The maximum Gasteiger partial charge on any atom is 0.229 e. The van der Waals surface area contributed by atoms with E-state index in [1.165, 1.54) is 0 Å². The molecule has 0 aromatic carbocycles. The first-order valence-electron chi connectivity index (χ1n) is 5.19. The molecular formula is C11H22ClNOS. The van der Waals surface area contributed by atoms with E-state index < -0.39 is 5.41 Å². The van der Waals surface area contributed by atoms with Crippen LogP contribution >= 0.6 is 23.4 Å². The van der Waals surface area contributed by atoms with Crippen molar-refractivity contribution in [3.63, 3.8) is 0 Å². The summed E-state index contributed by atoms with van der Waals surface area (Å²) in [6.07, 6.45) is 3.11. The molecule has 0 radical (unpaired) electrons. The van der Waals surface area contributed by atoms with Crippen LogP contribution in [0.1, 0.15) is 27.2 Å². The standard InChI is InChI=1S/C11H22ClNOS/c1-9(6-7-15-5)13(4)10(14)11(2,3)8-12/h9H,6-8H2,1-5H3. The van der Waals surface area contributed by atoms with E-state index in [9.17, 15) is 4.79 Å². The first-order chi connectivity index (χ1) is 6.86. The highest BCUT2D eigenvalue weighted by atomic mass is 35.5. The van der Waals surface area contributed by atoms with Crippen LogP contribution in [0.3, 0.4) is 0 Å². The van der Waals surface area contributed by atoms with E-state index in [4.69, 9.17) is 11.6 Å². The number of thioether (sulfide) groups is 1. The summed E-state index contributed by atoms with van der Waals surface area (Å²) in [6.45, 7) is 5.86. The van der Waals surface area contributed by atoms with Gasteiger partial charge in [0.25, 0.3) is 0 Å². The van der Waals surface area contributed by atoms with E-state index in [1.54, 1.807) is 0 Å². The van der Waals surface area contributed by atoms with Gasteiger partial charge in [0, 0.05) is 19.0 Å². The number of amides is 1. The van der Waals surface area contributed by atoms with Gasteiger partial charge in [-0.05, 0) is 39.2 Å². The highest BCUT2D eigenvalue weighted by molar-refractivity contribution is 7.98. The van der Waals surface area contributed by atoms with Crippen LogP contribution in [0.2, 0.25) is 0 Å². The number of nitrogens with zero attached hydrogens (tertiary/aromatic N) is 1. The third kappa shape index (κ3) is 4.64. The molecule has 0 aromatic heterocycles. The van der Waals surface area contributed by atoms with Crippen molar-refractivity contribution < 1.29 is 4.79 Å². The lowest BCUT2D eigenvalue weighted by Crippen LogP contribution is -2.44. The van der Waals surface area contributed by atoms with Gasteiger partial charge in [-0.3, -0.25) is 4.79 Å². The van der Waals surface area contributed by atoms with Crippen molar-refractivity contribution in [1.82, 2.24) is 4.90 Å². The smallest absolute Gasteiger partial charge is 0.229 e. The molecule has 0 bridgehead atoms. The molecule has 15 heavy (non-hydrogen) atoms. The fourth-order valence-corrected chi connectivity index (χ4v) is 1.91. The van der Waals surface area contributed by atoms with Gasteiger partial charge in [0.1, 0.15) is 0 Å². The lowest BCUT2D eigenvalue weighted by molar-refractivity contribution is -0.139. The average molecular weight is 252 g/mol. The van der Waals surface area contributed by atoms with Crippen LogP contribution in [-0.4, -0.2) is 41.8 Å². The summed E-state index contributed by atoms with van der Waals surface area (Å²) >= 11 is 7.60. The summed E-state index contributed by atoms with van der Waals surface area (Å²) in [7, 11) is 1.86. The van der Waals surface area contributed by atoms with Gasteiger partial charge >= 0.3 is 0 Å². The molecule has 90 valence electrons. The summed E-state index contributed by atoms with van der Waals surface area (Å²) in [5.74, 6) is 1.58. The predicted molar refractivity (Wildman–Crippen MR) is 69.7 cm³/mol. The number of alkyl halides is 1. The molecule has 0 aliphatic rings. The molecule has 0 fully saturated rings. The molecule has 4 heteroatoms. The SMILES string of the molecule is CSCCC(C)N(C)C(=O)C(C)(C)CCl. The zero-order valence-corrected chi connectivity index (χ0v) is 11.9. The Balaban J connectivity index is 4.31. The van der Waals surface area contributed by atoms with Gasteiger partial charge in [-0.1, -0.05) is 0 Å². The van der Waals surface area contributed by atoms with Gasteiger partial charge < -0.3 is 4.90 Å². The molecule has 1 amide bonds. The molecule has 0 saturated heterocycles. The first-order valence-corrected chi connectivity index (χ1v) is 7.11. The fourth-order valence-electron chi connectivity index (χ4n) is 1.22. The van der Waals surface area contributed by atoms with E-state index in [-0.39, 0.29) is 11.9 Å². The van der Waals surface area contributed by atoms with Gasteiger partial charge in [-0.15, -0.1) is 11.6 Å². The van der Waals surface area contributed by atoms with Crippen molar-refractivity contribution in [2.45, 2.75) is 33.2 Å². The Morgan fingerprint density at radius 1 is 1.53 bits per heavy atom. The first kappa shape index (κ1) is 15.1. The molecule has 0 saturated carbocycles. The second-order valence-corrected chi connectivity index (χ2v) is 5.82. The highest BCUT2D eigenvalue weighted by Gasteiger charge is 2.31. The van der Waals surface area contributed by atoms with Crippen LogP contribution in [0.15, 0.2) is 0 Å². The van der Waals surface area contributed by atoms with Crippen LogP contribution < -0.4 is 0 Å². The van der Waals surface area contributed by atoms with Crippen LogP contribution in [0, 0.1) is 5.41 Å². The minimum absolute atomic E-state index is 0.131. The van der Waals surface area contributed by atoms with E-state index in [1.807, 2.05) is 37.6 Å². The van der Waals surface area contributed by atoms with Gasteiger partial charge in [0.15, 0.2) is 0 Å². The molecule has 2 nitrogen and oxygen atoms in total. The topological polar surface area (TPSA) is 20.3 Å². The Hall–Kier alpha value is 0.110. The molecule has 0 N–H and O–H groups in total. The average Bonchev–Trinajstić information content (AvgIpc) is 2.23. The van der Waals surface area contributed by atoms with E-state index in [0.29, 0.717) is 5.88 Å². The van der Waals surface area contributed by atoms with E-state index in [0.717, 1.165) is 12.2 Å². The van der Waals surface area contributed by atoms with Crippen molar-refractivity contribution in [2.24, 2.45) is 5.41 Å². The number of rotatable bonds is 6. The molecule has 0 aliphatic carbocycles. The van der Waals surface area contributed by atoms with Crippen LogP contribution in [-0.2, 0) is 4.79 Å². The Morgan fingerprint density at radius 2 is 2.07 bits per heavy atom. The number of carbonyl (C=O) groups is 1. The lowest BCUT2D eigenvalue weighted by Gasteiger charge is -2.32. The Labute approximate surface area is 103 Å².